The zero-order valence-electron chi connectivity index (χ0n) is 55.7. The number of para-hydroxylation sites is 6. The molecule has 0 amide bonds. The summed E-state index contributed by atoms with van der Waals surface area (Å²) < 4.78 is 79.7. The van der Waals surface area contributed by atoms with E-state index >= 15 is 0 Å². The van der Waals surface area contributed by atoms with Crippen LogP contribution >= 0.6 is 98.4 Å². The van der Waals surface area contributed by atoms with Gasteiger partial charge in [0.1, 0.15) is 18.3 Å². The third kappa shape index (κ3) is 39.6. The van der Waals surface area contributed by atoms with Crippen LogP contribution in [0.25, 0.3) is 0 Å². The molecule has 7 aromatic carbocycles. The van der Waals surface area contributed by atoms with E-state index in [0.717, 1.165) is 90.5 Å². The van der Waals surface area contributed by atoms with Crippen molar-refractivity contribution in [1.82, 2.24) is 16.0 Å². The normalized spacial score (nSPS) is 16.1. The molecule has 0 aliphatic carbocycles. The molecule has 3 fully saturated rings. The Hall–Kier alpha value is -4.18. The number of carbonyl (C=O) groups is 3. The molecule has 3 aliphatic heterocycles. The van der Waals surface area contributed by atoms with Crippen LogP contribution < -0.4 is 57.6 Å². The van der Waals surface area contributed by atoms with Gasteiger partial charge in [0.15, 0.2) is 58.9 Å². The smallest absolute Gasteiger partial charge is 0.337 e. The number of carboxylic acids is 3. The van der Waals surface area contributed by atoms with Gasteiger partial charge in [0.2, 0.25) is 0 Å². The summed E-state index contributed by atoms with van der Waals surface area (Å²) in [6, 6.07) is 62.2. The molecule has 3 aliphatic rings. The van der Waals surface area contributed by atoms with Gasteiger partial charge in [-0.15, -0.1) is 24.0 Å². The van der Waals surface area contributed by atoms with Crippen LogP contribution in [0.4, 0.5) is 0 Å². The van der Waals surface area contributed by atoms with Crippen molar-refractivity contribution < 1.29 is 104 Å². The van der Waals surface area contributed by atoms with Crippen LogP contribution in [0.2, 0.25) is 0 Å². The van der Waals surface area contributed by atoms with Gasteiger partial charge in [-0.25, -0.2) is 4.79 Å². The molecule has 3 saturated heterocycles. The van der Waals surface area contributed by atoms with Crippen molar-refractivity contribution in [2.75, 3.05) is 85.2 Å². The summed E-state index contributed by atoms with van der Waals surface area (Å²) in [4.78, 5) is 29.5. The first-order valence-corrected chi connectivity index (χ1v) is 51.7. The maximum Gasteiger partial charge on any atom is 0.337 e. The maximum atomic E-state index is 10.2. The van der Waals surface area contributed by atoms with Gasteiger partial charge in [-0.3, -0.25) is 14.1 Å². The number of rotatable bonds is 23. The summed E-state index contributed by atoms with van der Waals surface area (Å²) in [6.45, 7) is 14.8. The van der Waals surface area contributed by atoms with Crippen LogP contribution in [0.3, 0.4) is 0 Å². The van der Waals surface area contributed by atoms with E-state index in [1.807, 2.05) is 148 Å². The number of aliphatic hydroxyl groups is 1. The van der Waals surface area contributed by atoms with Crippen molar-refractivity contribution >= 4 is 135 Å². The van der Waals surface area contributed by atoms with Crippen molar-refractivity contribution in [3.05, 3.63) is 216 Å². The number of nitrogens with one attached hydrogen (secondary N) is 3. The zero-order chi connectivity index (χ0) is 71.8. The molecule has 549 valence electrons. The van der Waals surface area contributed by atoms with E-state index in [-0.39, 0.29) is 81.9 Å². The first-order valence-electron chi connectivity index (χ1n) is 31.0. The number of hydrogen-bond donors (Lipinski definition) is 8. The number of morpholine rings is 3. The van der Waals surface area contributed by atoms with Gasteiger partial charge >= 0.3 is 68.4 Å². The summed E-state index contributed by atoms with van der Waals surface area (Å²) in [5.74, 6) is 1.15. The number of halogens is 6. The Morgan fingerprint density at radius 1 is 0.470 bits per heavy atom. The van der Waals surface area contributed by atoms with Crippen molar-refractivity contribution in [2.24, 2.45) is 0 Å². The van der Waals surface area contributed by atoms with E-state index in [9.17, 15) is 22.8 Å². The van der Waals surface area contributed by atoms with E-state index in [1.54, 1.807) is 30.3 Å². The van der Waals surface area contributed by atoms with E-state index in [4.69, 9.17) is 67.6 Å². The summed E-state index contributed by atoms with van der Waals surface area (Å²) in [7, 11) is -3.67. The molecule has 0 bridgehead atoms. The minimum atomic E-state index is -3.67. The average Bonchev–Trinajstić information content (AvgIpc) is 0.845. The summed E-state index contributed by atoms with van der Waals surface area (Å²) in [5, 5.41) is 43.3. The van der Waals surface area contributed by atoms with Crippen molar-refractivity contribution in [2.45, 2.75) is 76.3 Å². The fraction of sp³-hybridized carbons (Fsp3) is 0.357. The fourth-order valence-corrected chi connectivity index (χ4v) is 9.21. The predicted octanol–water partition coefficient (Wildman–Crippen LogP) is 10.6. The van der Waals surface area contributed by atoms with Crippen molar-refractivity contribution in [3.8, 4) is 34.5 Å². The molecule has 10 rings (SSSR count). The molecule has 7 atom stereocenters. The molecule has 22 nitrogen and oxygen atoms in total. The number of benzene rings is 7. The van der Waals surface area contributed by atoms with Crippen molar-refractivity contribution in [3.63, 3.8) is 0 Å². The molecule has 0 spiro atoms. The third-order valence-corrected chi connectivity index (χ3v) is 13.4. The minimum Gasteiger partial charge on any atom is -0.481 e. The van der Waals surface area contributed by atoms with Gasteiger partial charge in [-0.2, -0.15) is 8.42 Å². The quantitative estimate of drug-likeness (QED) is 0.0168. The topological polar surface area (TPSA) is 306 Å². The van der Waals surface area contributed by atoms with Crippen LogP contribution in [-0.2, 0) is 38.7 Å². The number of ether oxygens (including phenoxy) is 9. The van der Waals surface area contributed by atoms with Gasteiger partial charge in [0.25, 0.3) is 10.1 Å². The van der Waals surface area contributed by atoms with E-state index in [1.165, 1.54) is 0 Å². The molecule has 7 aromatic rings. The standard InChI is InChI=1S/3C19H23NO3.C8H8O3.C4H6O4.CH4O3S.B.I3.I2.HI/c3*1-2-21-16-10-6-7-11-17(16)23-19(15-8-4-3-5-9-15)18-14-20-12-13-22-18;9-7(8(10)11)6-4-2-1-3-5-6;5-3(6)1-2-4(7)8;1-5(2,3)4;;1-3-2;1-2;/h3*3-11,18-20H,2,12-14H2,1H3;1-5,7,9H,(H,10,11);1-2H2,(H,5,6)(H,7,8);1H3,(H,2,3,4);;;;1H/q;;;;;;;-1;;/t2*18-,19-;;7-;;;;;;/m00.1....../s1. The van der Waals surface area contributed by atoms with Crippen LogP contribution in [0.15, 0.2) is 194 Å². The van der Waals surface area contributed by atoms with Crippen LogP contribution in [0.1, 0.15) is 80.3 Å². The first-order chi connectivity index (χ1) is 47.4. The Kier molecular flexibility index (Phi) is 53.7. The molecule has 8 N–H and O–H groups in total. The Morgan fingerprint density at radius 2 is 0.690 bits per heavy atom. The Bertz CT molecular complexity index is 3080. The number of aliphatic carboxylic acids is 3. The maximum absolute atomic E-state index is 10.2. The van der Waals surface area contributed by atoms with Crippen LogP contribution in [0, 0.1) is 0 Å². The van der Waals surface area contributed by atoms with Crippen LogP contribution in [0.5, 0.6) is 34.5 Å². The first kappa shape index (κ1) is 93.8. The van der Waals surface area contributed by atoms with Gasteiger partial charge in [0.05, 0.1) is 58.7 Å². The average molecular weight is 2080 g/mol. The number of aliphatic hydroxyl groups excluding tert-OH is 1. The predicted molar refractivity (Wildman–Crippen MR) is 428 cm³/mol. The van der Waals surface area contributed by atoms with E-state index < -0.39 is 34.1 Å². The summed E-state index contributed by atoms with van der Waals surface area (Å²) in [5.41, 5.74) is 3.72. The second kappa shape index (κ2) is 57.2. The minimum absolute atomic E-state index is 0. The molecule has 3 radical (unpaired) electrons. The van der Waals surface area contributed by atoms with Gasteiger partial charge in [-0.1, -0.05) is 158 Å². The SMILES string of the molecule is CCOc1ccccc1OC(c1ccccc1)C1CNCCO1.CCOc1ccccc1O[C@@H](c1ccccc1)[C@@H]1CNCCO1.CCOc1ccccc1O[C@@H](c1ccccc1)[C@@H]1CNCCO1.CS(=O)(=O)O.I.II.I[I-]I.O=C(O)CCC(=O)O.O=C(O)[C@H](O)c1ccccc1.[B]. The summed E-state index contributed by atoms with van der Waals surface area (Å²) >= 11 is 9.54. The summed E-state index contributed by atoms with van der Waals surface area (Å²) in [6.07, 6.45) is -1.89. The second-order valence-corrected chi connectivity index (χ2v) is 38.3. The molecule has 2 unspecified atom stereocenters. The monoisotopic (exact) mass is 2080 g/mol. The Balaban J connectivity index is 0.000000623. The van der Waals surface area contributed by atoms with E-state index in [2.05, 4.69) is 127 Å². The largest absolute Gasteiger partial charge is 0.481 e. The second-order valence-electron chi connectivity index (χ2n) is 20.6. The zero-order valence-corrected chi connectivity index (χ0v) is 69.6. The Labute approximate surface area is 659 Å². The van der Waals surface area contributed by atoms with Gasteiger partial charge in [-0.05, 0) is 79.4 Å². The fourth-order valence-electron chi connectivity index (χ4n) is 9.21. The van der Waals surface area contributed by atoms with Gasteiger partial charge < -0.3 is 79.0 Å². The molecule has 0 saturated carbocycles. The molecule has 0 aromatic heterocycles. The van der Waals surface area contributed by atoms with Crippen LogP contribution in [-0.4, -0.2) is 163 Å². The molecule has 100 heavy (non-hydrogen) atoms. The molecule has 30 heteroatoms. The van der Waals surface area contributed by atoms with Gasteiger partial charge in [0, 0.05) is 84.9 Å². The van der Waals surface area contributed by atoms with Crippen molar-refractivity contribution in [1.29, 1.82) is 0 Å². The number of carboxylic acid groups (broad SMARTS) is 3. The van der Waals surface area contributed by atoms with E-state index in [0.29, 0.717) is 64.7 Å². The Morgan fingerprint density at radius 3 is 0.890 bits per heavy atom. The molecular formula is C70H88BI6N3O19S-. The molecular weight excluding hydrogens is 1990 g/mol. The molecule has 3 heterocycles. The number of hydrogen-bond acceptors (Lipinski definition) is 18. The third-order valence-electron chi connectivity index (χ3n) is 13.4.